The number of aryl methyl sites for hydroxylation is 1. The summed E-state index contributed by atoms with van der Waals surface area (Å²) >= 11 is 0. The number of rotatable bonds is 5. The lowest BCUT2D eigenvalue weighted by Gasteiger charge is -2.27. The molecule has 1 heterocycles. The van der Waals surface area contributed by atoms with Crippen molar-refractivity contribution in [3.8, 4) is 0 Å². The second-order valence-electron chi connectivity index (χ2n) is 4.55. The molecule has 1 atom stereocenters. The molecule has 0 aromatic carbocycles. The van der Waals surface area contributed by atoms with Crippen molar-refractivity contribution >= 4 is 0 Å². The van der Waals surface area contributed by atoms with Crippen molar-refractivity contribution in [2.24, 2.45) is 5.92 Å². The van der Waals surface area contributed by atoms with E-state index >= 15 is 0 Å². The number of nitrogens with one attached hydrogen (secondary N) is 1. The third kappa shape index (κ3) is 3.64. The molecule has 0 saturated heterocycles. The van der Waals surface area contributed by atoms with Crippen LogP contribution in [-0.4, -0.2) is 22.4 Å². The summed E-state index contributed by atoms with van der Waals surface area (Å²) in [5.41, 5.74) is 0.192. The van der Waals surface area contributed by atoms with Gasteiger partial charge < -0.3 is 14.9 Å². The van der Waals surface area contributed by atoms with Gasteiger partial charge in [0.25, 0.3) is 0 Å². The van der Waals surface area contributed by atoms with Gasteiger partial charge in [-0.1, -0.05) is 19.0 Å². The summed E-state index contributed by atoms with van der Waals surface area (Å²) in [5, 5.41) is 16.9. The van der Waals surface area contributed by atoms with Gasteiger partial charge in [-0.25, -0.2) is 0 Å². The quantitative estimate of drug-likeness (QED) is 0.776. The first kappa shape index (κ1) is 12.2. The summed E-state index contributed by atoms with van der Waals surface area (Å²) in [4.78, 5) is 0. The van der Waals surface area contributed by atoms with Crippen molar-refractivity contribution in [3.63, 3.8) is 0 Å². The largest absolute Gasteiger partial charge is 0.389 e. The standard InChI is InChI=1S/C11H20N2O2/c1-8(2)11(4,14)7-12-6-10-5-9(3)13-15-10/h5,8,12,14H,6-7H2,1-4H3. The van der Waals surface area contributed by atoms with Crippen molar-refractivity contribution in [3.05, 3.63) is 17.5 Å². The van der Waals surface area contributed by atoms with E-state index in [2.05, 4.69) is 10.5 Å². The van der Waals surface area contributed by atoms with Gasteiger partial charge in [0, 0.05) is 12.6 Å². The van der Waals surface area contributed by atoms with Crippen molar-refractivity contribution < 1.29 is 9.63 Å². The molecule has 0 aliphatic carbocycles. The predicted octanol–water partition coefficient (Wildman–Crippen LogP) is 1.48. The van der Waals surface area contributed by atoms with E-state index in [4.69, 9.17) is 4.52 Å². The van der Waals surface area contributed by atoms with Gasteiger partial charge >= 0.3 is 0 Å². The zero-order valence-corrected chi connectivity index (χ0v) is 9.87. The minimum absolute atomic E-state index is 0.224. The molecule has 2 N–H and O–H groups in total. The molecule has 1 rings (SSSR count). The summed E-state index contributed by atoms with van der Waals surface area (Å²) in [7, 11) is 0. The lowest BCUT2D eigenvalue weighted by atomic mass is 9.92. The number of aliphatic hydroxyl groups is 1. The average molecular weight is 212 g/mol. The summed E-state index contributed by atoms with van der Waals surface area (Å²) in [6, 6.07) is 1.89. The van der Waals surface area contributed by atoms with Crippen LogP contribution in [0.3, 0.4) is 0 Å². The van der Waals surface area contributed by atoms with Gasteiger partial charge in [0.05, 0.1) is 17.8 Å². The lowest BCUT2D eigenvalue weighted by Crippen LogP contribution is -2.41. The van der Waals surface area contributed by atoms with Crippen molar-refractivity contribution in [2.75, 3.05) is 6.54 Å². The van der Waals surface area contributed by atoms with Crippen molar-refractivity contribution in [1.29, 1.82) is 0 Å². The van der Waals surface area contributed by atoms with E-state index in [1.54, 1.807) is 0 Å². The molecule has 1 unspecified atom stereocenters. The first-order valence-corrected chi connectivity index (χ1v) is 5.27. The van der Waals surface area contributed by atoms with Crippen LogP contribution in [0.5, 0.6) is 0 Å². The van der Waals surface area contributed by atoms with Gasteiger partial charge in [0.2, 0.25) is 0 Å². The topological polar surface area (TPSA) is 58.3 Å². The SMILES string of the molecule is Cc1cc(CNCC(C)(O)C(C)C)on1. The van der Waals surface area contributed by atoms with Gasteiger partial charge in [-0.15, -0.1) is 0 Å². The molecule has 0 saturated carbocycles. The summed E-state index contributed by atoms with van der Waals surface area (Å²) < 4.78 is 5.05. The molecule has 0 spiro atoms. The summed E-state index contributed by atoms with van der Waals surface area (Å²) in [5.74, 6) is 1.02. The Bertz CT molecular complexity index is 305. The highest BCUT2D eigenvalue weighted by Crippen LogP contribution is 2.14. The van der Waals surface area contributed by atoms with E-state index in [9.17, 15) is 5.11 Å². The summed E-state index contributed by atoms with van der Waals surface area (Å²) in [6.45, 7) is 8.86. The van der Waals surface area contributed by atoms with Crippen LogP contribution < -0.4 is 5.32 Å². The number of aromatic nitrogens is 1. The number of hydrogen-bond acceptors (Lipinski definition) is 4. The number of nitrogens with zero attached hydrogens (tertiary/aromatic N) is 1. The molecular formula is C11H20N2O2. The Labute approximate surface area is 90.7 Å². The Morgan fingerprint density at radius 1 is 1.60 bits per heavy atom. The maximum atomic E-state index is 9.97. The second-order valence-corrected chi connectivity index (χ2v) is 4.55. The van der Waals surface area contributed by atoms with Crippen LogP contribution in [0.25, 0.3) is 0 Å². The van der Waals surface area contributed by atoms with Crippen LogP contribution in [-0.2, 0) is 6.54 Å². The van der Waals surface area contributed by atoms with E-state index in [0.29, 0.717) is 13.1 Å². The maximum Gasteiger partial charge on any atom is 0.150 e. The second kappa shape index (κ2) is 4.77. The highest BCUT2D eigenvalue weighted by atomic mass is 16.5. The van der Waals surface area contributed by atoms with Gasteiger partial charge in [-0.3, -0.25) is 0 Å². The van der Waals surface area contributed by atoms with E-state index in [0.717, 1.165) is 11.5 Å². The molecule has 1 aromatic rings. The van der Waals surface area contributed by atoms with E-state index in [1.165, 1.54) is 0 Å². The van der Waals surface area contributed by atoms with Crippen LogP contribution in [0.15, 0.2) is 10.6 Å². The molecule has 86 valence electrons. The molecule has 0 bridgehead atoms. The van der Waals surface area contributed by atoms with E-state index in [-0.39, 0.29) is 5.92 Å². The molecule has 0 aliphatic heterocycles. The molecule has 0 amide bonds. The smallest absolute Gasteiger partial charge is 0.150 e. The van der Waals surface area contributed by atoms with Crippen LogP contribution in [0.4, 0.5) is 0 Å². The zero-order valence-electron chi connectivity index (χ0n) is 9.87. The first-order chi connectivity index (χ1) is 6.92. The fourth-order valence-electron chi connectivity index (χ4n) is 1.14. The minimum atomic E-state index is -0.685. The Morgan fingerprint density at radius 2 is 2.27 bits per heavy atom. The molecule has 0 radical (unpaired) electrons. The number of hydrogen-bond donors (Lipinski definition) is 2. The van der Waals surface area contributed by atoms with E-state index < -0.39 is 5.60 Å². The van der Waals surface area contributed by atoms with Gasteiger partial charge in [0.15, 0.2) is 5.76 Å². The lowest BCUT2D eigenvalue weighted by molar-refractivity contribution is 0.0136. The van der Waals surface area contributed by atoms with Crippen LogP contribution >= 0.6 is 0 Å². The van der Waals surface area contributed by atoms with Gasteiger partial charge in [-0.05, 0) is 19.8 Å². The van der Waals surface area contributed by atoms with E-state index in [1.807, 2.05) is 33.8 Å². The fraction of sp³-hybridized carbons (Fsp3) is 0.727. The highest BCUT2D eigenvalue weighted by Gasteiger charge is 2.24. The first-order valence-electron chi connectivity index (χ1n) is 5.27. The molecule has 0 aliphatic rings. The Hall–Kier alpha value is -0.870. The van der Waals surface area contributed by atoms with Crippen molar-refractivity contribution in [1.82, 2.24) is 10.5 Å². The zero-order chi connectivity index (χ0) is 11.5. The van der Waals surface area contributed by atoms with Crippen LogP contribution in [0.2, 0.25) is 0 Å². The summed E-state index contributed by atoms with van der Waals surface area (Å²) in [6.07, 6.45) is 0. The Kier molecular flexibility index (Phi) is 3.88. The Balaban J connectivity index is 2.33. The molecule has 1 aromatic heterocycles. The molecular weight excluding hydrogens is 192 g/mol. The van der Waals surface area contributed by atoms with Crippen molar-refractivity contribution in [2.45, 2.75) is 39.8 Å². The maximum absolute atomic E-state index is 9.97. The highest BCUT2D eigenvalue weighted by molar-refractivity contribution is 5.02. The van der Waals surface area contributed by atoms with Gasteiger partial charge in [0.1, 0.15) is 0 Å². The predicted molar refractivity (Wildman–Crippen MR) is 58.4 cm³/mol. The normalized spacial score (nSPS) is 15.6. The molecule has 4 heteroatoms. The third-order valence-corrected chi connectivity index (χ3v) is 2.70. The molecule has 0 fully saturated rings. The Morgan fingerprint density at radius 3 is 2.73 bits per heavy atom. The third-order valence-electron chi connectivity index (χ3n) is 2.70. The molecule has 15 heavy (non-hydrogen) atoms. The van der Waals surface area contributed by atoms with Crippen LogP contribution in [0.1, 0.15) is 32.2 Å². The minimum Gasteiger partial charge on any atom is -0.389 e. The average Bonchev–Trinajstić information content (AvgIpc) is 2.51. The fourth-order valence-corrected chi connectivity index (χ4v) is 1.14. The molecule has 4 nitrogen and oxygen atoms in total. The van der Waals surface area contributed by atoms with Crippen LogP contribution in [0, 0.1) is 12.8 Å². The van der Waals surface area contributed by atoms with Gasteiger partial charge in [-0.2, -0.15) is 0 Å². The monoisotopic (exact) mass is 212 g/mol.